The molecule has 0 aliphatic rings. The van der Waals surface area contributed by atoms with E-state index in [0.717, 1.165) is 37.9 Å². The predicted molar refractivity (Wildman–Crippen MR) is 99.3 cm³/mol. The van der Waals surface area contributed by atoms with E-state index in [1.54, 1.807) is 6.26 Å². The Balaban J connectivity index is 0.00000400. The van der Waals surface area contributed by atoms with Gasteiger partial charge in [-0.25, -0.2) is 4.99 Å². The Kier molecular flexibility index (Phi) is 11.4. The fourth-order valence-corrected chi connectivity index (χ4v) is 2.12. The van der Waals surface area contributed by atoms with E-state index in [2.05, 4.69) is 48.2 Å². The molecular weight excluding hydrogens is 379 g/mol. The van der Waals surface area contributed by atoms with Crippen LogP contribution >= 0.6 is 24.0 Å². The summed E-state index contributed by atoms with van der Waals surface area (Å²) in [7, 11) is 0. The third-order valence-corrected chi connectivity index (χ3v) is 3.32. The Bertz CT molecular complexity index is 377. The standard InChI is InChI=1S/C15H28N4O.HI/c1-5-16-15(18-12-14-9-8-10-20-14)17-11-13(4)19(6-2)7-3;/h8-10,13H,5-7,11-12H2,1-4H3,(H2,16,17,18);1H. The van der Waals surface area contributed by atoms with Gasteiger partial charge in [-0.2, -0.15) is 0 Å². The average molecular weight is 408 g/mol. The number of furan rings is 1. The Morgan fingerprint density at radius 2 is 2.00 bits per heavy atom. The van der Waals surface area contributed by atoms with Crippen LogP contribution in [0, 0.1) is 0 Å². The van der Waals surface area contributed by atoms with Crippen molar-refractivity contribution in [1.29, 1.82) is 0 Å². The minimum absolute atomic E-state index is 0. The number of guanidine groups is 1. The van der Waals surface area contributed by atoms with Crippen molar-refractivity contribution in [2.24, 2.45) is 4.99 Å². The highest BCUT2D eigenvalue weighted by molar-refractivity contribution is 14.0. The summed E-state index contributed by atoms with van der Waals surface area (Å²) in [5.41, 5.74) is 0. The number of nitrogens with one attached hydrogen (secondary N) is 2. The second-order valence-electron chi connectivity index (χ2n) is 4.73. The molecular formula is C15H29IN4O. The highest BCUT2D eigenvalue weighted by Crippen LogP contribution is 2.01. The van der Waals surface area contributed by atoms with Gasteiger partial charge < -0.3 is 15.1 Å². The second kappa shape index (κ2) is 11.9. The number of hydrogen-bond acceptors (Lipinski definition) is 3. The highest BCUT2D eigenvalue weighted by Gasteiger charge is 2.10. The Hall–Kier alpha value is -0.760. The first-order valence-electron chi connectivity index (χ1n) is 7.49. The van der Waals surface area contributed by atoms with Gasteiger partial charge in [0.25, 0.3) is 0 Å². The molecule has 0 aromatic carbocycles. The second-order valence-corrected chi connectivity index (χ2v) is 4.73. The molecule has 21 heavy (non-hydrogen) atoms. The SMILES string of the molecule is CCNC(=NCc1ccco1)NCC(C)N(CC)CC.I. The number of rotatable bonds is 8. The lowest BCUT2D eigenvalue weighted by Crippen LogP contribution is -2.45. The summed E-state index contributed by atoms with van der Waals surface area (Å²) < 4.78 is 5.29. The quantitative estimate of drug-likeness (QED) is 0.395. The van der Waals surface area contributed by atoms with Crippen LogP contribution in [0.4, 0.5) is 0 Å². The zero-order valence-electron chi connectivity index (χ0n) is 13.6. The summed E-state index contributed by atoms with van der Waals surface area (Å²) in [6.45, 7) is 13.1. The summed E-state index contributed by atoms with van der Waals surface area (Å²) in [6, 6.07) is 4.30. The fraction of sp³-hybridized carbons (Fsp3) is 0.667. The number of halogens is 1. The number of likely N-dealkylation sites (N-methyl/N-ethyl adjacent to an activating group) is 1. The van der Waals surface area contributed by atoms with Gasteiger partial charge in [-0.3, -0.25) is 4.90 Å². The molecule has 2 N–H and O–H groups in total. The van der Waals surface area contributed by atoms with E-state index in [-0.39, 0.29) is 24.0 Å². The van der Waals surface area contributed by atoms with Gasteiger partial charge in [-0.1, -0.05) is 13.8 Å². The van der Waals surface area contributed by atoms with Gasteiger partial charge in [-0.05, 0) is 39.1 Å². The van der Waals surface area contributed by atoms with Crippen molar-refractivity contribution in [2.75, 3.05) is 26.2 Å². The zero-order valence-corrected chi connectivity index (χ0v) is 15.9. The molecule has 0 amide bonds. The lowest BCUT2D eigenvalue weighted by atomic mass is 10.3. The first kappa shape index (κ1) is 20.2. The van der Waals surface area contributed by atoms with E-state index < -0.39 is 0 Å². The third-order valence-electron chi connectivity index (χ3n) is 3.32. The Morgan fingerprint density at radius 1 is 1.29 bits per heavy atom. The zero-order chi connectivity index (χ0) is 14.8. The normalized spacial score (nSPS) is 12.9. The van der Waals surface area contributed by atoms with Crippen LogP contribution in [0.5, 0.6) is 0 Å². The molecule has 0 radical (unpaired) electrons. The molecule has 1 rings (SSSR count). The van der Waals surface area contributed by atoms with Crippen LogP contribution in [0.25, 0.3) is 0 Å². The molecule has 0 saturated carbocycles. The molecule has 5 nitrogen and oxygen atoms in total. The van der Waals surface area contributed by atoms with Gasteiger partial charge in [0.05, 0.1) is 6.26 Å². The Morgan fingerprint density at radius 3 is 2.52 bits per heavy atom. The van der Waals surface area contributed by atoms with E-state index in [9.17, 15) is 0 Å². The summed E-state index contributed by atoms with van der Waals surface area (Å²) in [4.78, 5) is 6.94. The largest absolute Gasteiger partial charge is 0.467 e. The van der Waals surface area contributed by atoms with Crippen molar-refractivity contribution >= 4 is 29.9 Å². The fourth-order valence-electron chi connectivity index (χ4n) is 2.12. The topological polar surface area (TPSA) is 52.8 Å². The van der Waals surface area contributed by atoms with Crippen LogP contribution in [0.2, 0.25) is 0 Å². The summed E-state index contributed by atoms with van der Waals surface area (Å²) in [5, 5.41) is 6.64. The van der Waals surface area contributed by atoms with Crippen molar-refractivity contribution in [3.05, 3.63) is 24.2 Å². The minimum Gasteiger partial charge on any atom is -0.467 e. The molecule has 0 aliphatic carbocycles. The summed E-state index contributed by atoms with van der Waals surface area (Å²) in [6.07, 6.45) is 1.67. The maximum atomic E-state index is 5.29. The van der Waals surface area contributed by atoms with Crippen LogP contribution < -0.4 is 10.6 Å². The maximum Gasteiger partial charge on any atom is 0.191 e. The summed E-state index contributed by atoms with van der Waals surface area (Å²) in [5.74, 6) is 1.71. The molecule has 6 heteroatoms. The molecule has 0 aliphatic heterocycles. The van der Waals surface area contributed by atoms with Gasteiger partial charge in [0, 0.05) is 19.1 Å². The van der Waals surface area contributed by atoms with Crippen molar-refractivity contribution in [1.82, 2.24) is 15.5 Å². The predicted octanol–water partition coefficient (Wildman–Crippen LogP) is 2.68. The van der Waals surface area contributed by atoms with Crippen LogP contribution in [-0.2, 0) is 6.54 Å². The monoisotopic (exact) mass is 408 g/mol. The van der Waals surface area contributed by atoms with Crippen molar-refractivity contribution in [3.63, 3.8) is 0 Å². The van der Waals surface area contributed by atoms with Crippen LogP contribution in [-0.4, -0.2) is 43.1 Å². The first-order chi connectivity index (χ1) is 9.71. The van der Waals surface area contributed by atoms with E-state index in [1.165, 1.54) is 0 Å². The number of nitrogens with zero attached hydrogens (tertiary/aromatic N) is 2. The Labute approximate surface area is 145 Å². The van der Waals surface area contributed by atoms with Gasteiger partial charge >= 0.3 is 0 Å². The van der Waals surface area contributed by atoms with E-state index in [0.29, 0.717) is 12.6 Å². The van der Waals surface area contributed by atoms with Gasteiger partial charge in [0.15, 0.2) is 5.96 Å². The smallest absolute Gasteiger partial charge is 0.191 e. The van der Waals surface area contributed by atoms with Crippen molar-refractivity contribution in [2.45, 2.75) is 40.3 Å². The van der Waals surface area contributed by atoms with E-state index in [4.69, 9.17) is 4.42 Å². The molecule has 0 fully saturated rings. The van der Waals surface area contributed by atoms with Crippen LogP contribution in [0.3, 0.4) is 0 Å². The molecule has 1 aromatic rings. The van der Waals surface area contributed by atoms with Gasteiger partial charge in [-0.15, -0.1) is 24.0 Å². The molecule has 1 heterocycles. The molecule has 1 aromatic heterocycles. The van der Waals surface area contributed by atoms with Crippen molar-refractivity contribution in [3.8, 4) is 0 Å². The van der Waals surface area contributed by atoms with Crippen molar-refractivity contribution < 1.29 is 4.42 Å². The molecule has 1 unspecified atom stereocenters. The first-order valence-corrected chi connectivity index (χ1v) is 7.49. The molecule has 0 saturated heterocycles. The number of hydrogen-bond donors (Lipinski definition) is 2. The lowest BCUT2D eigenvalue weighted by molar-refractivity contribution is 0.231. The van der Waals surface area contributed by atoms with E-state index >= 15 is 0 Å². The molecule has 122 valence electrons. The number of aliphatic imine (C=N–C) groups is 1. The van der Waals surface area contributed by atoms with E-state index in [1.807, 2.05) is 12.1 Å². The van der Waals surface area contributed by atoms with Crippen LogP contribution in [0.1, 0.15) is 33.5 Å². The third kappa shape index (κ3) is 7.71. The van der Waals surface area contributed by atoms with Gasteiger partial charge in [0.2, 0.25) is 0 Å². The minimum atomic E-state index is 0. The molecule has 0 bridgehead atoms. The maximum absolute atomic E-state index is 5.29. The molecule has 1 atom stereocenters. The average Bonchev–Trinajstić information content (AvgIpc) is 2.96. The van der Waals surface area contributed by atoms with Crippen LogP contribution in [0.15, 0.2) is 27.8 Å². The highest BCUT2D eigenvalue weighted by atomic mass is 127. The molecule has 0 spiro atoms. The summed E-state index contributed by atoms with van der Waals surface area (Å²) >= 11 is 0. The van der Waals surface area contributed by atoms with Gasteiger partial charge in [0.1, 0.15) is 12.3 Å². The lowest BCUT2D eigenvalue weighted by Gasteiger charge is -2.27.